The first-order valence-electron chi connectivity index (χ1n) is 11.4. The molecule has 1 aromatic carbocycles. The van der Waals surface area contributed by atoms with Gasteiger partial charge < -0.3 is 19.4 Å². The molecule has 1 aliphatic heterocycles. The Labute approximate surface area is 198 Å². The lowest BCUT2D eigenvalue weighted by Gasteiger charge is -2.31. The van der Waals surface area contributed by atoms with Crippen LogP contribution in [0.5, 0.6) is 5.75 Å². The molecule has 0 unspecified atom stereocenters. The van der Waals surface area contributed by atoms with Crippen LogP contribution in [0.25, 0.3) is 0 Å². The summed E-state index contributed by atoms with van der Waals surface area (Å²) in [7, 11) is 1.65. The van der Waals surface area contributed by atoms with Crippen molar-refractivity contribution >= 4 is 23.6 Å². The Morgan fingerprint density at radius 2 is 2.00 bits per heavy atom. The third-order valence-electron chi connectivity index (χ3n) is 5.89. The number of carbonyl (C=O) groups is 1. The van der Waals surface area contributed by atoms with Gasteiger partial charge in [-0.15, -0.1) is 10.2 Å². The van der Waals surface area contributed by atoms with E-state index >= 15 is 0 Å². The predicted molar refractivity (Wildman–Crippen MR) is 129 cm³/mol. The lowest BCUT2D eigenvalue weighted by Crippen LogP contribution is -2.35. The molecule has 3 heterocycles. The van der Waals surface area contributed by atoms with Crippen molar-refractivity contribution in [3.05, 3.63) is 54.0 Å². The van der Waals surface area contributed by atoms with Crippen molar-refractivity contribution in [2.75, 3.05) is 37.4 Å². The van der Waals surface area contributed by atoms with E-state index < -0.39 is 0 Å². The molecule has 1 aliphatic rings. The number of ether oxygens (including phenoxy) is 1. The van der Waals surface area contributed by atoms with Gasteiger partial charge in [-0.2, -0.15) is 0 Å². The Bertz CT molecular complexity index is 1010. The first-order chi connectivity index (χ1) is 16.1. The number of piperidine rings is 1. The minimum absolute atomic E-state index is 0.0191. The summed E-state index contributed by atoms with van der Waals surface area (Å²) in [6.45, 7) is 5.35. The van der Waals surface area contributed by atoms with E-state index in [1.54, 1.807) is 13.4 Å². The van der Waals surface area contributed by atoms with E-state index in [0.29, 0.717) is 13.1 Å². The van der Waals surface area contributed by atoms with Gasteiger partial charge in [-0.05, 0) is 55.0 Å². The number of hydrogen-bond acceptors (Lipinski definition) is 7. The maximum atomic E-state index is 12.4. The Balaban J connectivity index is 1.33. The summed E-state index contributed by atoms with van der Waals surface area (Å²) in [5.74, 6) is 3.52. The molecular weight excluding hydrogens is 438 g/mol. The number of amides is 1. The van der Waals surface area contributed by atoms with Gasteiger partial charge in [0, 0.05) is 19.6 Å². The van der Waals surface area contributed by atoms with E-state index in [1.165, 1.54) is 11.8 Å². The van der Waals surface area contributed by atoms with E-state index in [9.17, 15) is 4.79 Å². The van der Waals surface area contributed by atoms with Crippen molar-refractivity contribution in [3.63, 3.8) is 0 Å². The molecule has 0 aliphatic carbocycles. The number of aromatic nitrogens is 3. The van der Waals surface area contributed by atoms with Gasteiger partial charge in [-0.25, -0.2) is 0 Å². The molecule has 9 heteroatoms. The minimum Gasteiger partial charge on any atom is -0.497 e. The normalized spacial score (nSPS) is 14.4. The second-order valence-electron chi connectivity index (χ2n) is 8.35. The summed E-state index contributed by atoms with van der Waals surface area (Å²) in [5, 5.41) is 12.6. The average Bonchev–Trinajstić information content (AvgIpc) is 3.49. The van der Waals surface area contributed by atoms with Crippen LogP contribution in [-0.2, 0) is 17.8 Å². The van der Waals surface area contributed by atoms with Crippen LogP contribution in [-0.4, -0.2) is 53.2 Å². The molecule has 3 aromatic rings. The molecule has 0 bridgehead atoms. The fraction of sp³-hybridized carbons (Fsp3) is 0.458. The molecule has 2 aromatic heterocycles. The Hall–Kier alpha value is -2.94. The van der Waals surface area contributed by atoms with E-state index in [1.807, 2.05) is 36.4 Å². The SMILES string of the molecule is COc1ccc(CCNC(=O)CSc2nnc(N3CCC(C)CC3)n2Cc2ccco2)cc1. The second kappa shape index (κ2) is 11.3. The van der Waals surface area contributed by atoms with Crippen LogP contribution < -0.4 is 15.0 Å². The van der Waals surface area contributed by atoms with Gasteiger partial charge in [-0.1, -0.05) is 30.8 Å². The Kier molecular flexibility index (Phi) is 7.93. The second-order valence-corrected chi connectivity index (χ2v) is 9.30. The van der Waals surface area contributed by atoms with Crippen molar-refractivity contribution in [3.8, 4) is 5.75 Å². The number of hydrogen-bond donors (Lipinski definition) is 1. The molecule has 1 fully saturated rings. The number of anilines is 1. The largest absolute Gasteiger partial charge is 0.497 e. The van der Waals surface area contributed by atoms with Crippen LogP contribution in [0.15, 0.2) is 52.2 Å². The van der Waals surface area contributed by atoms with Crippen LogP contribution >= 0.6 is 11.8 Å². The maximum Gasteiger partial charge on any atom is 0.230 e. The molecular formula is C24H31N5O3S. The highest BCUT2D eigenvalue weighted by atomic mass is 32.2. The maximum absolute atomic E-state index is 12.4. The first-order valence-corrected chi connectivity index (χ1v) is 12.3. The van der Waals surface area contributed by atoms with E-state index in [2.05, 4.69) is 31.9 Å². The lowest BCUT2D eigenvalue weighted by atomic mass is 10.00. The van der Waals surface area contributed by atoms with Crippen LogP contribution in [0, 0.1) is 5.92 Å². The van der Waals surface area contributed by atoms with Crippen LogP contribution in [0.3, 0.4) is 0 Å². The number of furan rings is 1. The molecule has 0 radical (unpaired) electrons. The highest BCUT2D eigenvalue weighted by molar-refractivity contribution is 7.99. The molecule has 33 heavy (non-hydrogen) atoms. The Morgan fingerprint density at radius 3 is 2.70 bits per heavy atom. The van der Waals surface area contributed by atoms with Crippen molar-refractivity contribution < 1.29 is 13.9 Å². The molecule has 0 atom stereocenters. The number of carbonyl (C=O) groups excluding carboxylic acids is 1. The summed E-state index contributed by atoms with van der Waals surface area (Å²) < 4.78 is 12.8. The van der Waals surface area contributed by atoms with Gasteiger partial charge in [0.25, 0.3) is 0 Å². The molecule has 0 saturated carbocycles. The summed E-state index contributed by atoms with van der Waals surface area (Å²) in [5.41, 5.74) is 1.16. The standard InChI is InChI=1S/C24H31N5O3S/c1-18-10-13-28(14-11-18)23-26-27-24(29(23)16-21-4-3-15-32-21)33-17-22(30)25-12-9-19-5-7-20(31-2)8-6-19/h3-8,15,18H,9-14,16-17H2,1-2H3,(H,25,30). The van der Waals surface area contributed by atoms with Gasteiger partial charge in [-0.3, -0.25) is 9.36 Å². The fourth-order valence-electron chi connectivity index (χ4n) is 3.85. The third kappa shape index (κ3) is 6.31. The molecule has 4 rings (SSSR count). The van der Waals surface area contributed by atoms with Crippen molar-refractivity contribution in [1.82, 2.24) is 20.1 Å². The quantitative estimate of drug-likeness (QED) is 0.454. The fourth-order valence-corrected chi connectivity index (χ4v) is 4.61. The number of benzene rings is 1. The summed E-state index contributed by atoms with van der Waals surface area (Å²) in [6.07, 6.45) is 4.73. The average molecular weight is 470 g/mol. The van der Waals surface area contributed by atoms with Gasteiger partial charge in [0.15, 0.2) is 5.16 Å². The predicted octanol–water partition coefficient (Wildman–Crippen LogP) is 3.62. The van der Waals surface area contributed by atoms with Crippen molar-refractivity contribution in [2.45, 2.75) is 37.9 Å². The smallest absolute Gasteiger partial charge is 0.230 e. The zero-order valence-electron chi connectivity index (χ0n) is 19.2. The van der Waals surface area contributed by atoms with Gasteiger partial charge in [0.2, 0.25) is 11.9 Å². The zero-order chi connectivity index (χ0) is 23.0. The van der Waals surface area contributed by atoms with Crippen molar-refractivity contribution in [2.24, 2.45) is 5.92 Å². The van der Waals surface area contributed by atoms with E-state index in [4.69, 9.17) is 9.15 Å². The number of methoxy groups -OCH3 is 1. The molecule has 1 N–H and O–H groups in total. The van der Waals surface area contributed by atoms with Crippen LogP contribution in [0.1, 0.15) is 31.1 Å². The highest BCUT2D eigenvalue weighted by Crippen LogP contribution is 2.27. The summed E-state index contributed by atoms with van der Waals surface area (Å²) in [6, 6.07) is 11.7. The van der Waals surface area contributed by atoms with Gasteiger partial charge in [0.05, 0.1) is 25.7 Å². The van der Waals surface area contributed by atoms with Crippen LogP contribution in [0.4, 0.5) is 5.95 Å². The van der Waals surface area contributed by atoms with E-state index in [0.717, 1.165) is 66.4 Å². The van der Waals surface area contributed by atoms with Crippen LogP contribution in [0.2, 0.25) is 0 Å². The molecule has 176 valence electrons. The number of nitrogens with one attached hydrogen (secondary N) is 1. The number of rotatable bonds is 10. The zero-order valence-corrected chi connectivity index (χ0v) is 20.0. The van der Waals surface area contributed by atoms with E-state index in [-0.39, 0.29) is 11.7 Å². The molecule has 0 spiro atoms. The number of nitrogens with zero attached hydrogens (tertiary/aromatic N) is 4. The third-order valence-corrected chi connectivity index (χ3v) is 6.85. The minimum atomic E-state index is -0.0191. The molecule has 1 saturated heterocycles. The highest BCUT2D eigenvalue weighted by Gasteiger charge is 2.23. The topological polar surface area (TPSA) is 85.4 Å². The monoisotopic (exact) mass is 469 g/mol. The summed E-state index contributed by atoms with van der Waals surface area (Å²) in [4.78, 5) is 14.7. The molecule has 1 amide bonds. The van der Waals surface area contributed by atoms with Gasteiger partial charge in [0.1, 0.15) is 11.5 Å². The number of thioether (sulfide) groups is 1. The first kappa shape index (κ1) is 23.2. The Morgan fingerprint density at radius 1 is 1.21 bits per heavy atom. The lowest BCUT2D eigenvalue weighted by molar-refractivity contribution is -0.118. The van der Waals surface area contributed by atoms with Gasteiger partial charge >= 0.3 is 0 Å². The van der Waals surface area contributed by atoms with Crippen molar-refractivity contribution in [1.29, 1.82) is 0 Å². The molecule has 8 nitrogen and oxygen atoms in total. The summed E-state index contributed by atoms with van der Waals surface area (Å²) >= 11 is 1.41.